The van der Waals surface area contributed by atoms with E-state index >= 15 is 0 Å². The lowest BCUT2D eigenvalue weighted by Crippen LogP contribution is -2.17. The summed E-state index contributed by atoms with van der Waals surface area (Å²) in [5, 5.41) is 13.0. The van der Waals surface area contributed by atoms with Gasteiger partial charge in [-0.05, 0) is 23.8 Å². The summed E-state index contributed by atoms with van der Waals surface area (Å²) in [6.07, 6.45) is -0.558. The van der Waals surface area contributed by atoms with Crippen molar-refractivity contribution in [3.63, 3.8) is 0 Å². The van der Waals surface area contributed by atoms with Crippen molar-refractivity contribution in [3.05, 3.63) is 94.8 Å². The number of nitrogens with zero attached hydrogens (tertiary/aromatic N) is 3. The second-order valence-electron chi connectivity index (χ2n) is 6.84. The van der Waals surface area contributed by atoms with Crippen LogP contribution in [0.4, 0.5) is 10.1 Å². The highest BCUT2D eigenvalue weighted by molar-refractivity contribution is 7.98. The monoisotopic (exact) mass is 450 g/mol. The summed E-state index contributed by atoms with van der Waals surface area (Å²) >= 11 is 7.72. The highest BCUT2D eigenvalue weighted by Gasteiger charge is 2.27. The van der Waals surface area contributed by atoms with E-state index in [1.165, 1.54) is 17.8 Å². The van der Waals surface area contributed by atoms with E-state index in [1.807, 2.05) is 48.5 Å². The van der Waals surface area contributed by atoms with Crippen LogP contribution < -0.4 is 10.1 Å². The minimum Gasteiger partial charge on any atom is -0.448 e. The van der Waals surface area contributed by atoms with Crippen molar-refractivity contribution in [2.75, 3.05) is 5.32 Å². The van der Waals surface area contributed by atoms with Crippen molar-refractivity contribution in [2.24, 2.45) is 0 Å². The van der Waals surface area contributed by atoms with Crippen LogP contribution in [-0.4, -0.2) is 15.2 Å². The van der Waals surface area contributed by atoms with Crippen LogP contribution in [0.1, 0.15) is 17.4 Å². The van der Waals surface area contributed by atoms with Crippen LogP contribution in [0.2, 0.25) is 5.02 Å². The van der Waals surface area contributed by atoms with E-state index in [0.29, 0.717) is 33.1 Å². The zero-order valence-corrected chi connectivity index (χ0v) is 17.7. The third-order valence-electron chi connectivity index (χ3n) is 4.84. The maximum atomic E-state index is 13.9. The molecule has 2 heterocycles. The molecule has 5 rings (SSSR count). The maximum absolute atomic E-state index is 13.9. The van der Waals surface area contributed by atoms with Crippen LogP contribution in [-0.2, 0) is 5.75 Å². The molecule has 0 amide bonds. The predicted octanol–water partition coefficient (Wildman–Crippen LogP) is 6.13. The Morgan fingerprint density at radius 2 is 1.74 bits per heavy atom. The Morgan fingerprint density at radius 3 is 2.61 bits per heavy atom. The average Bonchev–Trinajstić information content (AvgIpc) is 2.95. The number of nitrogens with one attached hydrogen (secondary N) is 1. The Morgan fingerprint density at radius 1 is 0.968 bits per heavy atom. The summed E-state index contributed by atoms with van der Waals surface area (Å²) < 4.78 is 20.2. The molecule has 154 valence electrons. The van der Waals surface area contributed by atoms with Gasteiger partial charge in [0, 0.05) is 27.6 Å². The van der Waals surface area contributed by atoms with E-state index in [2.05, 4.69) is 20.5 Å². The number of para-hydroxylation sites is 1. The molecule has 5 nitrogen and oxygen atoms in total. The van der Waals surface area contributed by atoms with Gasteiger partial charge >= 0.3 is 0 Å². The van der Waals surface area contributed by atoms with Crippen LogP contribution in [0, 0.1) is 5.82 Å². The van der Waals surface area contributed by atoms with Gasteiger partial charge in [-0.1, -0.05) is 78.0 Å². The number of hydrogen-bond acceptors (Lipinski definition) is 6. The van der Waals surface area contributed by atoms with Crippen LogP contribution in [0.15, 0.2) is 78.0 Å². The van der Waals surface area contributed by atoms with E-state index in [-0.39, 0.29) is 5.82 Å². The van der Waals surface area contributed by atoms with Gasteiger partial charge in [-0.2, -0.15) is 4.98 Å². The molecule has 1 atom stereocenters. The summed E-state index contributed by atoms with van der Waals surface area (Å²) in [7, 11) is 0. The Bertz CT molecular complexity index is 1260. The zero-order chi connectivity index (χ0) is 21.2. The lowest BCUT2D eigenvalue weighted by atomic mass is 10.1. The van der Waals surface area contributed by atoms with Gasteiger partial charge in [-0.3, -0.25) is 0 Å². The summed E-state index contributed by atoms with van der Waals surface area (Å²) in [5.74, 6) is 0.468. The number of benzene rings is 3. The zero-order valence-electron chi connectivity index (χ0n) is 16.1. The molecule has 0 bridgehead atoms. The fourth-order valence-corrected chi connectivity index (χ4v) is 4.29. The lowest BCUT2D eigenvalue weighted by molar-refractivity contribution is 0.225. The molecule has 0 spiro atoms. The summed E-state index contributed by atoms with van der Waals surface area (Å²) in [6.45, 7) is 0. The third-order valence-corrected chi connectivity index (χ3v) is 6.07. The highest BCUT2D eigenvalue weighted by Crippen LogP contribution is 2.40. The van der Waals surface area contributed by atoms with Crippen molar-refractivity contribution in [3.8, 4) is 17.1 Å². The van der Waals surface area contributed by atoms with E-state index in [0.717, 1.165) is 16.8 Å². The normalized spacial score (nSPS) is 14.6. The van der Waals surface area contributed by atoms with Crippen molar-refractivity contribution in [1.29, 1.82) is 0 Å². The van der Waals surface area contributed by atoms with Gasteiger partial charge in [-0.15, -0.1) is 10.2 Å². The Labute approximate surface area is 187 Å². The van der Waals surface area contributed by atoms with E-state index < -0.39 is 6.23 Å². The van der Waals surface area contributed by atoms with Gasteiger partial charge in [0.1, 0.15) is 5.82 Å². The lowest BCUT2D eigenvalue weighted by Gasteiger charge is -2.20. The standard InChI is InChI=1S/C23H16ClFN4OS/c24-17-10-4-2-8-15(17)21-26-19-12-6-3-9-16(19)20-22(30-21)27-23(29-28-20)31-13-14-7-1-5-11-18(14)25/h1-12,21,26H,13H2/t21-/m0/s1. The van der Waals surface area contributed by atoms with Gasteiger partial charge in [0.05, 0.1) is 0 Å². The maximum Gasteiger partial charge on any atom is 0.247 e. The first-order valence-electron chi connectivity index (χ1n) is 9.57. The molecular formula is C23H16ClFN4OS. The molecule has 3 aromatic carbocycles. The fraction of sp³-hybridized carbons (Fsp3) is 0.0870. The van der Waals surface area contributed by atoms with Crippen molar-refractivity contribution < 1.29 is 9.13 Å². The first-order chi connectivity index (χ1) is 15.2. The van der Waals surface area contributed by atoms with E-state index in [1.54, 1.807) is 18.2 Å². The van der Waals surface area contributed by atoms with Crippen LogP contribution >= 0.6 is 23.4 Å². The molecule has 0 aliphatic carbocycles. The summed E-state index contributed by atoms with van der Waals surface area (Å²) in [4.78, 5) is 4.58. The molecule has 1 aliphatic heterocycles. The van der Waals surface area contributed by atoms with E-state index in [4.69, 9.17) is 16.3 Å². The molecule has 1 N–H and O–H groups in total. The number of halogens is 2. The Kier molecular flexibility index (Phi) is 5.44. The number of rotatable bonds is 4. The van der Waals surface area contributed by atoms with Crippen LogP contribution in [0.5, 0.6) is 5.88 Å². The predicted molar refractivity (Wildman–Crippen MR) is 120 cm³/mol. The topological polar surface area (TPSA) is 59.9 Å². The van der Waals surface area contributed by atoms with E-state index in [9.17, 15) is 4.39 Å². The average molecular weight is 451 g/mol. The quantitative estimate of drug-likeness (QED) is 0.377. The van der Waals surface area contributed by atoms with Gasteiger partial charge < -0.3 is 10.1 Å². The molecule has 0 saturated carbocycles. The molecule has 8 heteroatoms. The molecule has 1 aliphatic rings. The Hall–Kier alpha value is -3.16. The molecular weight excluding hydrogens is 435 g/mol. The van der Waals surface area contributed by atoms with Gasteiger partial charge in [-0.25, -0.2) is 4.39 Å². The minimum absolute atomic E-state index is 0.258. The molecule has 0 radical (unpaired) electrons. The first-order valence-corrected chi connectivity index (χ1v) is 10.9. The first kappa shape index (κ1) is 19.8. The summed E-state index contributed by atoms with van der Waals surface area (Å²) in [6, 6.07) is 21.8. The van der Waals surface area contributed by atoms with Crippen molar-refractivity contribution in [2.45, 2.75) is 17.1 Å². The van der Waals surface area contributed by atoms with Gasteiger partial charge in [0.15, 0.2) is 11.9 Å². The molecule has 31 heavy (non-hydrogen) atoms. The van der Waals surface area contributed by atoms with Crippen molar-refractivity contribution >= 4 is 29.1 Å². The summed E-state index contributed by atoms with van der Waals surface area (Å²) in [5.41, 5.74) is 3.57. The number of anilines is 1. The molecule has 0 unspecified atom stereocenters. The largest absolute Gasteiger partial charge is 0.448 e. The second kappa shape index (κ2) is 8.53. The van der Waals surface area contributed by atoms with Gasteiger partial charge in [0.25, 0.3) is 0 Å². The van der Waals surface area contributed by atoms with Crippen LogP contribution in [0.3, 0.4) is 0 Å². The van der Waals surface area contributed by atoms with Gasteiger partial charge in [0.2, 0.25) is 11.0 Å². The fourth-order valence-electron chi connectivity index (χ4n) is 3.29. The highest BCUT2D eigenvalue weighted by atomic mass is 35.5. The molecule has 1 aromatic heterocycles. The van der Waals surface area contributed by atoms with Crippen molar-refractivity contribution in [1.82, 2.24) is 15.2 Å². The number of fused-ring (bicyclic) bond motifs is 3. The smallest absolute Gasteiger partial charge is 0.247 e. The minimum atomic E-state index is -0.558. The number of aromatic nitrogens is 3. The van der Waals surface area contributed by atoms with Crippen LogP contribution in [0.25, 0.3) is 11.3 Å². The number of hydrogen-bond donors (Lipinski definition) is 1. The molecule has 4 aromatic rings. The second-order valence-corrected chi connectivity index (χ2v) is 8.19. The Balaban J connectivity index is 1.51. The third kappa shape index (κ3) is 4.06. The molecule has 0 fully saturated rings. The number of thioether (sulfide) groups is 1. The SMILES string of the molecule is Fc1ccccc1CSc1nnc2c(n1)O[C@@H](c1ccccc1Cl)Nc1ccccc1-2. The molecule has 0 saturated heterocycles. The number of ether oxygens (including phenoxy) is 1.